The first-order valence-corrected chi connectivity index (χ1v) is 4.83. The van der Waals surface area contributed by atoms with E-state index in [1.54, 1.807) is 0 Å². The third-order valence-electron chi connectivity index (χ3n) is 1.77. The number of aldehydes is 1. The Bertz CT molecular complexity index is 450. The molecule has 0 amide bonds. The molecule has 0 spiro atoms. The lowest BCUT2D eigenvalue weighted by Gasteiger charge is -1.91. The van der Waals surface area contributed by atoms with Gasteiger partial charge in [-0.3, -0.25) is 4.79 Å². The maximum atomic E-state index is 10.5. The number of carbonyl (C=O) groups is 1. The van der Waals surface area contributed by atoms with Crippen molar-refractivity contribution in [3.05, 3.63) is 36.0 Å². The van der Waals surface area contributed by atoms with Crippen molar-refractivity contribution in [1.29, 1.82) is 0 Å². The molecule has 0 aliphatic heterocycles. The standard InChI is InChI=1S/C10H7NO2S/c12-6-8-10(13)14-9(11-8)7-4-2-1-3-5-7/h1-6,13H. The summed E-state index contributed by atoms with van der Waals surface area (Å²) in [6.45, 7) is 0. The first kappa shape index (κ1) is 8.90. The highest BCUT2D eigenvalue weighted by atomic mass is 32.1. The SMILES string of the molecule is O=Cc1nc(-c2ccccc2)sc1O. The molecule has 1 N–H and O–H groups in total. The summed E-state index contributed by atoms with van der Waals surface area (Å²) in [4.78, 5) is 14.5. The quantitative estimate of drug-likeness (QED) is 0.765. The predicted octanol–water partition coefficient (Wildman–Crippen LogP) is 2.33. The molecular formula is C10H7NO2S. The third kappa shape index (κ3) is 1.52. The van der Waals surface area contributed by atoms with E-state index in [4.69, 9.17) is 0 Å². The summed E-state index contributed by atoms with van der Waals surface area (Å²) < 4.78 is 0. The molecule has 14 heavy (non-hydrogen) atoms. The van der Waals surface area contributed by atoms with E-state index in [1.807, 2.05) is 30.3 Å². The maximum Gasteiger partial charge on any atom is 0.203 e. The van der Waals surface area contributed by atoms with Crippen LogP contribution in [0, 0.1) is 0 Å². The summed E-state index contributed by atoms with van der Waals surface area (Å²) in [6, 6.07) is 9.43. The zero-order chi connectivity index (χ0) is 9.97. The first-order valence-electron chi connectivity index (χ1n) is 4.01. The molecule has 70 valence electrons. The topological polar surface area (TPSA) is 50.2 Å². The molecule has 4 heteroatoms. The second kappa shape index (κ2) is 3.59. The van der Waals surface area contributed by atoms with Gasteiger partial charge in [0, 0.05) is 5.56 Å². The Morgan fingerprint density at radius 3 is 2.57 bits per heavy atom. The van der Waals surface area contributed by atoms with Crippen LogP contribution in [-0.2, 0) is 0 Å². The molecule has 1 aromatic heterocycles. The van der Waals surface area contributed by atoms with Crippen LogP contribution in [0.2, 0.25) is 0 Å². The largest absolute Gasteiger partial charge is 0.498 e. The zero-order valence-corrected chi connectivity index (χ0v) is 7.99. The Hall–Kier alpha value is -1.68. The predicted molar refractivity (Wildman–Crippen MR) is 54.6 cm³/mol. The second-order valence-electron chi connectivity index (χ2n) is 2.69. The average Bonchev–Trinajstić information content (AvgIpc) is 2.61. The summed E-state index contributed by atoms with van der Waals surface area (Å²) in [5.41, 5.74) is 1.01. The monoisotopic (exact) mass is 205 g/mol. The fourth-order valence-electron chi connectivity index (χ4n) is 1.10. The zero-order valence-electron chi connectivity index (χ0n) is 7.18. The van der Waals surface area contributed by atoms with Gasteiger partial charge in [-0.05, 0) is 0 Å². The van der Waals surface area contributed by atoms with E-state index in [-0.39, 0.29) is 10.8 Å². The van der Waals surface area contributed by atoms with Crippen molar-refractivity contribution in [3.63, 3.8) is 0 Å². The van der Waals surface area contributed by atoms with Crippen LogP contribution in [0.3, 0.4) is 0 Å². The number of hydrogen-bond donors (Lipinski definition) is 1. The molecule has 0 atom stereocenters. The summed E-state index contributed by atoms with van der Waals surface area (Å²) in [5.74, 6) is 0. The Morgan fingerprint density at radius 2 is 2.00 bits per heavy atom. The molecule has 3 nitrogen and oxygen atoms in total. The number of aromatic hydroxyl groups is 1. The maximum absolute atomic E-state index is 10.5. The van der Waals surface area contributed by atoms with Gasteiger partial charge in [-0.1, -0.05) is 41.7 Å². The van der Waals surface area contributed by atoms with E-state index in [0.717, 1.165) is 16.9 Å². The molecule has 0 radical (unpaired) electrons. The summed E-state index contributed by atoms with van der Waals surface area (Å²) in [6.07, 6.45) is 0.554. The number of hydrogen-bond acceptors (Lipinski definition) is 4. The normalized spacial score (nSPS) is 10.0. The van der Waals surface area contributed by atoms with E-state index in [0.29, 0.717) is 11.3 Å². The van der Waals surface area contributed by atoms with Crippen molar-refractivity contribution in [3.8, 4) is 15.6 Å². The van der Waals surface area contributed by atoms with E-state index in [9.17, 15) is 9.90 Å². The van der Waals surface area contributed by atoms with Gasteiger partial charge in [0.25, 0.3) is 0 Å². The highest BCUT2D eigenvalue weighted by Gasteiger charge is 2.09. The van der Waals surface area contributed by atoms with Gasteiger partial charge >= 0.3 is 0 Å². The molecule has 0 fully saturated rings. The Kier molecular flexibility index (Phi) is 2.28. The number of rotatable bonds is 2. The lowest BCUT2D eigenvalue weighted by Crippen LogP contribution is -1.80. The number of thiazole rings is 1. The fourth-order valence-corrected chi connectivity index (χ4v) is 1.88. The van der Waals surface area contributed by atoms with Gasteiger partial charge in [0.05, 0.1) is 0 Å². The van der Waals surface area contributed by atoms with E-state index < -0.39 is 0 Å². The molecule has 0 saturated carbocycles. The molecule has 1 aromatic carbocycles. The summed E-state index contributed by atoms with van der Waals surface area (Å²) in [5, 5.41) is 9.95. The van der Waals surface area contributed by atoms with Crippen LogP contribution in [0.1, 0.15) is 10.5 Å². The lowest BCUT2D eigenvalue weighted by molar-refractivity contribution is 0.111. The van der Waals surface area contributed by atoms with Gasteiger partial charge in [-0.25, -0.2) is 4.98 Å². The van der Waals surface area contributed by atoms with E-state index in [1.165, 1.54) is 0 Å². The van der Waals surface area contributed by atoms with Crippen molar-refractivity contribution in [2.24, 2.45) is 0 Å². The highest BCUT2D eigenvalue weighted by Crippen LogP contribution is 2.31. The molecule has 0 saturated heterocycles. The van der Waals surface area contributed by atoms with Crippen molar-refractivity contribution in [2.45, 2.75) is 0 Å². The van der Waals surface area contributed by atoms with Crippen LogP contribution in [0.4, 0.5) is 0 Å². The fraction of sp³-hybridized carbons (Fsp3) is 0. The number of benzene rings is 1. The number of carbonyl (C=O) groups excluding carboxylic acids is 1. The molecule has 0 aliphatic rings. The van der Waals surface area contributed by atoms with Crippen LogP contribution in [0.15, 0.2) is 30.3 Å². The van der Waals surface area contributed by atoms with Gasteiger partial charge in [0.2, 0.25) is 5.06 Å². The van der Waals surface area contributed by atoms with Crippen LogP contribution in [0.25, 0.3) is 10.6 Å². The summed E-state index contributed by atoms with van der Waals surface area (Å²) >= 11 is 1.11. The Labute approximate surface area is 84.7 Å². The van der Waals surface area contributed by atoms with Crippen LogP contribution >= 0.6 is 11.3 Å². The third-order valence-corrected chi connectivity index (χ3v) is 2.69. The molecule has 2 rings (SSSR count). The number of aromatic nitrogens is 1. The molecular weight excluding hydrogens is 198 g/mol. The lowest BCUT2D eigenvalue weighted by atomic mass is 10.2. The minimum absolute atomic E-state index is 0.0288. The van der Waals surface area contributed by atoms with Crippen molar-refractivity contribution in [2.75, 3.05) is 0 Å². The van der Waals surface area contributed by atoms with E-state index >= 15 is 0 Å². The van der Waals surface area contributed by atoms with Crippen LogP contribution in [-0.4, -0.2) is 16.4 Å². The summed E-state index contributed by atoms with van der Waals surface area (Å²) in [7, 11) is 0. The first-order chi connectivity index (χ1) is 6.81. The van der Waals surface area contributed by atoms with Crippen molar-refractivity contribution < 1.29 is 9.90 Å². The van der Waals surface area contributed by atoms with Crippen LogP contribution in [0.5, 0.6) is 5.06 Å². The van der Waals surface area contributed by atoms with E-state index in [2.05, 4.69) is 4.98 Å². The van der Waals surface area contributed by atoms with Gasteiger partial charge in [-0.2, -0.15) is 0 Å². The smallest absolute Gasteiger partial charge is 0.203 e. The second-order valence-corrected chi connectivity index (χ2v) is 3.67. The van der Waals surface area contributed by atoms with Gasteiger partial charge in [-0.15, -0.1) is 0 Å². The van der Waals surface area contributed by atoms with Gasteiger partial charge in [0.1, 0.15) is 5.01 Å². The number of nitrogens with zero attached hydrogens (tertiary/aromatic N) is 1. The highest BCUT2D eigenvalue weighted by molar-refractivity contribution is 7.17. The Morgan fingerprint density at radius 1 is 1.29 bits per heavy atom. The average molecular weight is 205 g/mol. The molecule has 2 aromatic rings. The van der Waals surface area contributed by atoms with Gasteiger partial charge < -0.3 is 5.11 Å². The minimum Gasteiger partial charge on any atom is -0.498 e. The molecule has 0 aliphatic carbocycles. The molecule has 1 heterocycles. The Balaban J connectivity index is 2.48. The molecule has 0 bridgehead atoms. The van der Waals surface area contributed by atoms with Crippen molar-refractivity contribution in [1.82, 2.24) is 4.98 Å². The van der Waals surface area contributed by atoms with Crippen LogP contribution < -0.4 is 0 Å². The van der Waals surface area contributed by atoms with Gasteiger partial charge in [0.15, 0.2) is 12.0 Å². The minimum atomic E-state index is -0.0288. The molecule has 0 unspecified atom stereocenters. The van der Waals surface area contributed by atoms with Crippen molar-refractivity contribution >= 4 is 17.6 Å².